The van der Waals surface area contributed by atoms with Gasteiger partial charge in [0.25, 0.3) is 5.91 Å². The van der Waals surface area contributed by atoms with Crippen LogP contribution < -0.4 is 15.5 Å². The van der Waals surface area contributed by atoms with Gasteiger partial charge in [0.2, 0.25) is 0 Å². The van der Waals surface area contributed by atoms with E-state index < -0.39 is 0 Å². The molecule has 1 aliphatic rings. The van der Waals surface area contributed by atoms with E-state index in [-0.39, 0.29) is 11.9 Å². The molecule has 0 atom stereocenters. The SMILES string of the molecule is O=C(Nc1ccc(N2CCNC2=O)cc1)c1cnn(-c2cccc(Cl)c2)c1. The Morgan fingerprint density at radius 1 is 1.15 bits per heavy atom. The number of urea groups is 1. The third kappa shape index (κ3) is 3.63. The Labute approximate surface area is 160 Å². The van der Waals surface area contributed by atoms with Gasteiger partial charge in [-0.15, -0.1) is 0 Å². The number of hydrogen-bond acceptors (Lipinski definition) is 3. The summed E-state index contributed by atoms with van der Waals surface area (Å²) in [6.07, 6.45) is 3.14. The fraction of sp³-hybridized carbons (Fsp3) is 0.105. The second-order valence-electron chi connectivity index (χ2n) is 6.04. The minimum atomic E-state index is -0.269. The maximum absolute atomic E-state index is 12.5. The van der Waals surface area contributed by atoms with Crippen LogP contribution in [0, 0.1) is 0 Å². The summed E-state index contributed by atoms with van der Waals surface area (Å²) in [5.74, 6) is -0.269. The molecule has 2 heterocycles. The lowest BCUT2D eigenvalue weighted by Crippen LogP contribution is -2.27. The monoisotopic (exact) mass is 381 g/mol. The van der Waals surface area contributed by atoms with E-state index in [0.717, 1.165) is 11.4 Å². The molecule has 4 rings (SSSR count). The van der Waals surface area contributed by atoms with E-state index in [0.29, 0.717) is 29.4 Å². The number of halogens is 1. The maximum atomic E-state index is 12.5. The summed E-state index contributed by atoms with van der Waals surface area (Å²) in [7, 11) is 0. The van der Waals surface area contributed by atoms with Crippen LogP contribution in [0.5, 0.6) is 0 Å². The van der Waals surface area contributed by atoms with Crippen molar-refractivity contribution >= 4 is 34.9 Å². The Balaban J connectivity index is 1.45. The molecule has 0 spiro atoms. The van der Waals surface area contributed by atoms with Gasteiger partial charge < -0.3 is 10.6 Å². The van der Waals surface area contributed by atoms with Crippen LogP contribution in [0.2, 0.25) is 5.02 Å². The molecule has 0 unspecified atom stereocenters. The average Bonchev–Trinajstić information content (AvgIpc) is 3.32. The van der Waals surface area contributed by atoms with Crippen molar-refractivity contribution in [2.24, 2.45) is 0 Å². The highest BCUT2D eigenvalue weighted by atomic mass is 35.5. The molecule has 0 radical (unpaired) electrons. The minimum Gasteiger partial charge on any atom is -0.336 e. The fourth-order valence-electron chi connectivity index (χ4n) is 2.85. The second kappa shape index (κ2) is 7.13. The van der Waals surface area contributed by atoms with Crippen molar-refractivity contribution in [2.75, 3.05) is 23.3 Å². The number of anilines is 2. The van der Waals surface area contributed by atoms with Crippen LogP contribution in [0.4, 0.5) is 16.2 Å². The Kier molecular flexibility index (Phi) is 4.52. The summed E-state index contributed by atoms with van der Waals surface area (Å²) < 4.78 is 1.59. The first kappa shape index (κ1) is 17.1. The molecule has 3 amide bonds. The largest absolute Gasteiger partial charge is 0.336 e. The van der Waals surface area contributed by atoms with Crippen LogP contribution in [-0.4, -0.2) is 34.8 Å². The first-order valence-corrected chi connectivity index (χ1v) is 8.75. The molecule has 1 aromatic heterocycles. The number of amides is 3. The number of nitrogens with zero attached hydrogens (tertiary/aromatic N) is 3. The third-order valence-electron chi connectivity index (χ3n) is 4.21. The van der Waals surface area contributed by atoms with E-state index in [9.17, 15) is 9.59 Å². The average molecular weight is 382 g/mol. The summed E-state index contributed by atoms with van der Waals surface area (Å²) in [5.41, 5.74) is 2.63. The highest BCUT2D eigenvalue weighted by Gasteiger charge is 2.20. The summed E-state index contributed by atoms with van der Waals surface area (Å²) in [6.45, 7) is 1.27. The minimum absolute atomic E-state index is 0.111. The molecular formula is C19H16ClN5O2. The van der Waals surface area contributed by atoms with Gasteiger partial charge >= 0.3 is 6.03 Å². The second-order valence-corrected chi connectivity index (χ2v) is 6.47. The van der Waals surface area contributed by atoms with Gasteiger partial charge in [0, 0.05) is 35.7 Å². The van der Waals surface area contributed by atoms with Crippen molar-refractivity contribution in [3.63, 3.8) is 0 Å². The van der Waals surface area contributed by atoms with E-state index in [2.05, 4.69) is 15.7 Å². The number of benzene rings is 2. The van der Waals surface area contributed by atoms with E-state index in [4.69, 9.17) is 11.6 Å². The fourth-order valence-corrected chi connectivity index (χ4v) is 3.03. The van der Waals surface area contributed by atoms with Crippen molar-refractivity contribution < 1.29 is 9.59 Å². The van der Waals surface area contributed by atoms with E-state index in [1.165, 1.54) is 6.20 Å². The molecule has 1 aliphatic heterocycles. The lowest BCUT2D eigenvalue weighted by molar-refractivity contribution is 0.102. The van der Waals surface area contributed by atoms with Crippen molar-refractivity contribution in [1.82, 2.24) is 15.1 Å². The Bertz CT molecular complexity index is 999. The van der Waals surface area contributed by atoms with Gasteiger partial charge in [-0.2, -0.15) is 5.10 Å². The van der Waals surface area contributed by atoms with Gasteiger partial charge in [0.05, 0.1) is 17.4 Å². The Morgan fingerprint density at radius 2 is 1.96 bits per heavy atom. The zero-order valence-electron chi connectivity index (χ0n) is 14.2. The normalized spacial score (nSPS) is 13.5. The molecule has 1 saturated heterocycles. The van der Waals surface area contributed by atoms with Crippen LogP contribution >= 0.6 is 11.6 Å². The molecule has 0 aliphatic carbocycles. The summed E-state index contributed by atoms with van der Waals surface area (Å²) in [6, 6.07) is 14.2. The molecule has 7 nitrogen and oxygen atoms in total. The van der Waals surface area contributed by atoms with Crippen molar-refractivity contribution in [3.8, 4) is 5.69 Å². The lowest BCUT2D eigenvalue weighted by Gasteiger charge is -2.14. The van der Waals surface area contributed by atoms with Crippen molar-refractivity contribution in [1.29, 1.82) is 0 Å². The molecule has 2 N–H and O–H groups in total. The molecule has 0 saturated carbocycles. The number of hydrogen-bond donors (Lipinski definition) is 2. The van der Waals surface area contributed by atoms with Crippen molar-refractivity contribution in [3.05, 3.63) is 71.5 Å². The van der Waals surface area contributed by atoms with E-state index in [1.807, 2.05) is 12.1 Å². The molecule has 8 heteroatoms. The number of carbonyl (C=O) groups is 2. The smallest absolute Gasteiger partial charge is 0.321 e. The first-order chi connectivity index (χ1) is 13.1. The lowest BCUT2D eigenvalue weighted by atomic mass is 10.2. The maximum Gasteiger partial charge on any atom is 0.321 e. The predicted octanol–water partition coefficient (Wildman–Crippen LogP) is 3.31. The van der Waals surface area contributed by atoms with Crippen LogP contribution in [0.1, 0.15) is 10.4 Å². The standard InChI is InChI=1S/C19H16ClN5O2/c20-14-2-1-3-17(10-14)25-12-13(11-22-25)18(26)23-15-4-6-16(7-5-15)24-9-8-21-19(24)27/h1-7,10-12H,8-9H2,(H,21,27)(H,23,26). The van der Waals surface area contributed by atoms with E-state index >= 15 is 0 Å². The molecule has 27 heavy (non-hydrogen) atoms. The Hall–Kier alpha value is -3.32. The van der Waals surface area contributed by atoms with Gasteiger partial charge in [-0.05, 0) is 42.5 Å². The molecule has 2 aromatic carbocycles. The van der Waals surface area contributed by atoms with Crippen LogP contribution in [0.25, 0.3) is 5.69 Å². The van der Waals surface area contributed by atoms with Crippen LogP contribution in [0.15, 0.2) is 60.9 Å². The van der Waals surface area contributed by atoms with Crippen LogP contribution in [-0.2, 0) is 0 Å². The van der Waals surface area contributed by atoms with Crippen molar-refractivity contribution in [2.45, 2.75) is 0 Å². The quantitative estimate of drug-likeness (QED) is 0.727. The number of nitrogens with one attached hydrogen (secondary N) is 2. The Morgan fingerprint density at radius 3 is 2.67 bits per heavy atom. The molecule has 3 aromatic rings. The third-order valence-corrected chi connectivity index (χ3v) is 4.45. The molecule has 136 valence electrons. The highest BCUT2D eigenvalue weighted by molar-refractivity contribution is 6.30. The summed E-state index contributed by atoms with van der Waals surface area (Å²) in [5, 5.41) is 10.4. The first-order valence-electron chi connectivity index (χ1n) is 8.37. The zero-order chi connectivity index (χ0) is 18.8. The topological polar surface area (TPSA) is 79.3 Å². The van der Waals surface area contributed by atoms with Crippen LogP contribution in [0.3, 0.4) is 0 Å². The summed E-state index contributed by atoms with van der Waals surface area (Å²) in [4.78, 5) is 25.8. The predicted molar refractivity (Wildman–Crippen MR) is 104 cm³/mol. The molecule has 0 bridgehead atoms. The highest BCUT2D eigenvalue weighted by Crippen LogP contribution is 2.20. The molecular weight excluding hydrogens is 366 g/mol. The van der Waals surface area contributed by atoms with Gasteiger partial charge in [-0.25, -0.2) is 9.48 Å². The zero-order valence-corrected chi connectivity index (χ0v) is 15.0. The number of aromatic nitrogens is 2. The number of carbonyl (C=O) groups excluding carboxylic acids is 2. The van der Waals surface area contributed by atoms with E-state index in [1.54, 1.807) is 52.2 Å². The van der Waals surface area contributed by atoms with Gasteiger partial charge in [-0.3, -0.25) is 9.69 Å². The molecule has 1 fully saturated rings. The van der Waals surface area contributed by atoms with Gasteiger partial charge in [0.1, 0.15) is 0 Å². The van der Waals surface area contributed by atoms with Gasteiger partial charge in [0.15, 0.2) is 0 Å². The summed E-state index contributed by atoms with van der Waals surface area (Å²) >= 11 is 5.99. The number of rotatable bonds is 4. The van der Waals surface area contributed by atoms with Gasteiger partial charge in [-0.1, -0.05) is 17.7 Å².